The molecule has 1 atom stereocenters. The number of amides is 2. The molecule has 1 aliphatic rings. The molecule has 19 heavy (non-hydrogen) atoms. The van der Waals surface area contributed by atoms with Crippen molar-refractivity contribution in [3.8, 4) is 5.75 Å². The van der Waals surface area contributed by atoms with E-state index in [1.165, 1.54) is 0 Å². The second-order valence-electron chi connectivity index (χ2n) is 4.63. The van der Waals surface area contributed by atoms with Crippen molar-refractivity contribution in [1.29, 1.82) is 0 Å². The molecular formula is C14H18N2O3. The minimum atomic E-state index is -0.228. The third kappa shape index (κ3) is 3.71. The van der Waals surface area contributed by atoms with Crippen LogP contribution in [0.15, 0.2) is 30.3 Å². The third-order valence-electron chi connectivity index (χ3n) is 3.14. The predicted octanol–water partition coefficient (Wildman–Crippen LogP) is 0.660. The monoisotopic (exact) mass is 262 g/mol. The molecule has 5 heteroatoms. The Morgan fingerprint density at radius 2 is 2.16 bits per heavy atom. The Morgan fingerprint density at radius 3 is 2.79 bits per heavy atom. The molecule has 1 unspecified atom stereocenters. The summed E-state index contributed by atoms with van der Waals surface area (Å²) >= 11 is 0. The van der Waals surface area contributed by atoms with Gasteiger partial charge in [-0.2, -0.15) is 0 Å². The van der Waals surface area contributed by atoms with Gasteiger partial charge in [-0.05, 0) is 12.1 Å². The van der Waals surface area contributed by atoms with E-state index in [4.69, 9.17) is 4.74 Å². The Labute approximate surface area is 112 Å². The van der Waals surface area contributed by atoms with E-state index in [1.54, 1.807) is 11.9 Å². The molecule has 0 radical (unpaired) electrons. The molecule has 1 aliphatic heterocycles. The van der Waals surface area contributed by atoms with Gasteiger partial charge in [-0.3, -0.25) is 9.59 Å². The van der Waals surface area contributed by atoms with E-state index >= 15 is 0 Å². The van der Waals surface area contributed by atoms with Crippen LogP contribution in [0.3, 0.4) is 0 Å². The highest BCUT2D eigenvalue weighted by Gasteiger charge is 2.29. The van der Waals surface area contributed by atoms with Crippen LogP contribution >= 0.6 is 0 Å². The van der Waals surface area contributed by atoms with Gasteiger partial charge in [0, 0.05) is 20.0 Å². The quantitative estimate of drug-likeness (QED) is 0.848. The topological polar surface area (TPSA) is 58.6 Å². The first kappa shape index (κ1) is 13.4. The lowest BCUT2D eigenvalue weighted by atomic mass is 10.1. The number of para-hydroxylation sites is 1. The molecule has 0 spiro atoms. The number of likely N-dealkylation sites (N-methyl/N-ethyl adjacent to an activating group) is 1. The van der Waals surface area contributed by atoms with Gasteiger partial charge in [0.05, 0.1) is 12.5 Å². The molecule has 1 aromatic carbocycles. The average molecular weight is 262 g/mol. The maximum absolute atomic E-state index is 12.0. The van der Waals surface area contributed by atoms with Crippen molar-refractivity contribution in [3.05, 3.63) is 30.3 Å². The van der Waals surface area contributed by atoms with Gasteiger partial charge in [-0.1, -0.05) is 18.2 Å². The highest BCUT2D eigenvalue weighted by atomic mass is 16.5. The number of carbonyl (C=O) groups excluding carboxylic acids is 2. The molecule has 0 aromatic heterocycles. The molecule has 5 nitrogen and oxygen atoms in total. The van der Waals surface area contributed by atoms with E-state index in [1.807, 2.05) is 30.3 Å². The number of rotatable bonds is 5. The van der Waals surface area contributed by atoms with Crippen molar-refractivity contribution in [1.82, 2.24) is 10.2 Å². The first-order valence-electron chi connectivity index (χ1n) is 6.36. The molecule has 2 amide bonds. The van der Waals surface area contributed by atoms with Gasteiger partial charge >= 0.3 is 0 Å². The fraction of sp³-hybridized carbons (Fsp3) is 0.429. The number of carbonyl (C=O) groups is 2. The molecule has 1 aromatic rings. The van der Waals surface area contributed by atoms with E-state index in [0.717, 1.165) is 5.75 Å². The van der Waals surface area contributed by atoms with Crippen LogP contribution in [-0.2, 0) is 9.59 Å². The summed E-state index contributed by atoms with van der Waals surface area (Å²) in [5.41, 5.74) is 0. The summed E-state index contributed by atoms with van der Waals surface area (Å²) in [7, 11) is 1.74. The number of nitrogens with one attached hydrogen (secondary N) is 1. The van der Waals surface area contributed by atoms with Gasteiger partial charge < -0.3 is 15.0 Å². The Hall–Kier alpha value is -2.04. The molecule has 0 aliphatic carbocycles. The first-order valence-corrected chi connectivity index (χ1v) is 6.36. The molecular weight excluding hydrogens is 244 g/mol. The lowest BCUT2D eigenvalue weighted by Crippen LogP contribution is -2.36. The van der Waals surface area contributed by atoms with E-state index in [0.29, 0.717) is 26.1 Å². The van der Waals surface area contributed by atoms with Crippen molar-refractivity contribution < 1.29 is 14.3 Å². The zero-order valence-electron chi connectivity index (χ0n) is 11.0. The Bertz CT molecular complexity index is 447. The summed E-state index contributed by atoms with van der Waals surface area (Å²) in [6, 6.07) is 9.48. The normalized spacial score (nSPS) is 17.9. The number of ether oxygens (including phenoxy) is 1. The summed E-state index contributed by atoms with van der Waals surface area (Å²) in [6.07, 6.45) is 0.294. The van der Waals surface area contributed by atoms with E-state index in [-0.39, 0.29) is 17.7 Å². The zero-order chi connectivity index (χ0) is 13.7. The van der Waals surface area contributed by atoms with Gasteiger partial charge in [0.25, 0.3) is 0 Å². The molecule has 1 heterocycles. The van der Waals surface area contributed by atoms with Crippen LogP contribution in [0.4, 0.5) is 0 Å². The molecule has 102 valence electrons. The first-order chi connectivity index (χ1) is 9.16. The van der Waals surface area contributed by atoms with E-state index in [2.05, 4.69) is 5.32 Å². The second-order valence-corrected chi connectivity index (χ2v) is 4.63. The Balaban J connectivity index is 1.73. The third-order valence-corrected chi connectivity index (χ3v) is 3.14. The molecule has 1 saturated heterocycles. The van der Waals surface area contributed by atoms with Crippen LogP contribution in [0.5, 0.6) is 5.75 Å². The average Bonchev–Trinajstić information content (AvgIpc) is 2.85. The zero-order valence-corrected chi connectivity index (χ0v) is 11.0. The lowest BCUT2D eigenvalue weighted by molar-refractivity contribution is -0.134. The van der Waals surface area contributed by atoms with Gasteiger partial charge in [0.15, 0.2) is 0 Å². The van der Waals surface area contributed by atoms with Crippen molar-refractivity contribution in [2.45, 2.75) is 6.42 Å². The standard InChI is InChI=1S/C14H18N2O3/c1-16(14(18)11-9-13(17)15-10-11)7-8-19-12-5-3-2-4-6-12/h2-6,11H,7-10H2,1H3,(H,15,17). The minimum absolute atomic E-state index is 0.00462. The highest BCUT2D eigenvalue weighted by Crippen LogP contribution is 2.12. The number of hydrogen-bond donors (Lipinski definition) is 1. The summed E-state index contributed by atoms with van der Waals surface area (Å²) < 4.78 is 5.53. The van der Waals surface area contributed by atoms with Gasteiger partial charge in [-0.15, -0.1) is 0 Å². The Kier molecular flexibility index (Phi) is 4.39. The molecule has 1 fully saturated rings. The highest BCUT2D eigenvalue weighted by molar-refractivity contribution is 5.89. The number of benzene rings is 1. The van der Waals surface area contributed by atoms with E-state index in [9.17, 15) is 9.59 Å². The minimum Gasteiger partial charge on any atom is -0.492 e. The molecule has 0 bridgehead atoms. The maximum Gasteiger partial charge on any atom is 0.227 e. The van der Waals surface area contributed by atoms with Crippen LogP contribution in [0.2, 0.25) is 0 Å². The summed E-state index contributed by atoms with van der Waals surface area (Å²) in [4.78, 5) is 24.7. The predicted molar refractivity (Wildman–Crippen MR) is 70.7 cm³/mol. The maximum atomic E-state index is 12.0. The fourth-order valence-electron chi connectivity index (χ4n) is 2.02. The van der Waals surface area contributed by atoms with Gasteiger partial charge in [0.1, 0.15) is 12.4 Å². The van der Waals surface area contributed by atoms with Gasteiger partial charge in [0.2, 0.25) is 11.8 Å². The van der Waals surface area contributed by atoms with Crippen LogP contribution in [0, 0.1) is 5.92 Å². The Morgan fingerprint density at radius 1 is 1.42 bits per heavy atom. The molecule has 1 N–H and O–H groups in total. The van der Waals surface area contributed by atoms with Crippen molar-refractivity contribution in [2.24, 2.45) is 5.92 Å². The van der Waals surface area contributed by atoms with E-state index < -0.39 is 0 Å². The molecule has 2 rings (SSSR count). The second kappa shape index (κ2) is 6.22. The summed E-state index contributed by atoms with van der Waals surface area (Å²) in [5.74, 6) is 0.512. The smallest absolute Gasteiger partial charge is 0.227 e. The summed E-state index contributed by atoms with van der Waals surface area (Å²) in [6.45, 7) is 1.40. The summed E-state index contributed by atoms with van der Waals surface area (Å²) in [5, 5.41) is 2.67. The van der Waals surface area contributed by atoms with Crippen LogP contribution in [-0.4, -0.2) is 43.5 Å². The fourth-order valence-corrected chi connectivity index (χ4v) is 2.02. The lowest BCUT2D eigenvalue weighted by Gasteiger charge is -2.20. The number of hydrogen-bond acceptors (Lipinski definition) is 3. The van der Waals surface area contributed by atoms with Crippen molar-refractivity contribution in [2.75, 3.05) is 26.7 Å². The van der Waals surface area contributed by atoms with Crippen molar-refractivity contribution >= 4 is 11.8 Å². The number of nitrogens with zero attached hydrogens (tertiary/aromatic N) is 1. The van der Waals surface area contributed by atoms with Crippen LogP contribution in [0.1, 0.15) is 6.42 Å². The van der Waals surface area contributed by atoms with Crippen LogP contribution in [0.25, 0.3) is 0 Å². The molecule has 0 saturated carbocycles. The largest absolute Gasteiger partial charge is 0.492 e. The van der Waals surface area contributed by atoms with Crippen molar-refractivity contribution in [3.63, 3.8) is 0 Å². The SMILES string of the molecule is CN(CCOc1ccccc1)C(=O)C1CNC(=O)C1. The van der Waals surface area contributed by atoms with Gasteiger partial charge in [-0.25, -0.2) is 0 Å². The van der Waals surface area contributed by atoms with Crippen LogP contribution < -0.4 is 10.1 Å².